The topological polar surface area (TPSA) is 83.4 Å². The maximum Gasteiger partial charge on any atom is 0.274 e. The molecule has 0 bridgehead atoms. The van der Waals surface area contributed by atoms with Crippen LogP contribution in [-0.4, -0.2) is 56.8 Å². The molecular formula is C29H27FN6O2. The van der Waals surface area contributed by atoms with Crippen LogP contribution in [0.15, 0.2) is 79.1 Å². The Hall–Kier alpha value is -4.53. The van der Waals surface area contributed by atoms with E-state index in [-0.39, 0.29) is 17.6 Å². The lowest BCUT2D eigenvalue weighted by atomic mass is 9.85. The molecule has 2 fully saturated rings. The van der Waals surface area contributed by atoms with Gasteiger partial charge < -0.3 is 15.1 Å². The Labute approximate surface area is 219 Å². The number of anilines is 1. The summed E-state index contributed by atoms with van der Waals surface area (Å²) < 4.78 is 15.3. The van der Waals surface area contributed by atoms with Gasteiger partial charge in [-0.25, -0.2) is 9.07 Å². The summed E-state index contributed by atoms with van der Waals surface area (Å²) in [4.78, 5) is 34.6. The van der Waals surface area contributed by atoms with E-state index in [1.165, 1.54) is 12.1 Å². The van der Waals surface area contributed by atoms with Gasteiger partial charge in [0.2, 0.25) is 5.91 Å². The van der Waals surface area contributed by atoms with Crippen molar-refractivity contribution in [1.29, 1.82) is 0 Å². The Bertz CT molecular complexity index is 1480. The number of carbonyl (C=O) groups is 2. The standard InChI is InChI=1S/C29H27FN6O2/c1-20-4-8-24(9-5-20)36-26(21-3-2-14-31-18-21)17-25(33-36)27(37)34-15-12-29(13-16-34)28(38)32-19-35(29)23-10-6-22(30)7-11-23/h2-11,14,17-18H,12-13,15-16,19H2,1H3,(H,32,38). The minimum absolute atomic E-state index is 0.0589. The van der Waals surface area contributed by atoms with Crippen molar-refractivity contribution in [1.82, 2.24) is 25.0 Å². The number of nitrogens with zero attached hydrogens (tertiary/aromatic N) is 5. The van der Waals surface area contributed by atoms with E-state index < -0.39 is 5.54 Å². The molecule has 0 atom stereocenters. The number of pyridine rings is 1. The van der Waals surface area contributed by atoms with Crippen LogP contribution in [0.2, 0.25) is 0 Å². The molecule has 38 heavy (non-hydrogen) atoms. The molecule has 0 aliphatic carbocycles. The molecule has 4 heterocycles. The minimum atomic E-state index is -0.767. The number of aromatic nitrogens is 3. The van der Waals surface area contributed by atoms with Crippen LogP contribution in [0, 0.1) is 12.7 Å². The molecule has 2 aromatic heterocycles. The summed E-state index contributed by atoms with van der Waals surface area (Å²) in [6, 6.07) is 19.7. The molecule has 0 saturated carbocycles. The van der Waals surface area contributed by atoms with E-state index in [2.05, 4.69) is 10.3 Å². The third kappa shape index (κ3) is 4.09. The molecule has 8 nitrogen and oxygen atoms in total. The highest BCUT2D eigenvalue weighted by Gasteiger charge is 2.51. The summed E-state index contributed by atoms with van der Waals surface area (Å²) >= 11 is 0. The van der Waals surface area contributed by atoms with Crippen LogP contribution < -0.4 is 10.2 Å². The molecule has 2 saturated heterocycles. The summed E-state index contributed by atoms with van der Waals surface area (Å²) in [5.74, 6) is -0.559. The summed E-state index contributed by atoms with van der Waals surface area (Å²) in [7, 11) is 0. The lowest BCUT2D eigenvalue weighted by Crippen LogP contribution is -2.57. The maximum absolute atomic E-state index is 13.6. The van der Waals surface area contributed by atoms with Crippen LogP contribution in [0.1, 0.15) is 28.9 Å². The lowest BCUT2D eigenvalue weighted by Gasteiger charge is -2.43. The quantitative estimate of drug-likeness (QED) is 0.450. The number of rotatable bonds is 4. The first kappa shape index (κ1) is 23.8. The maximum atomic E-state index is 13.6. The lowest BCUT2D eigenvalue weighted by molar-refractivity contribution is -0.124. The highest BCUT2D eigenvalue weighted by atomic mass is 19.1. The third-order valence-electron chi connectivity index (χ3n) is 7.52. The molecule has 9 heteroatoms. The Morgan fingerprint density at radius 3 is 2.39 bits per heavy atom. The van der Waals surface area contributed by atoms with E-state index in [0.29, 0.717) is 38.3 Å². The van der Waals surface area contributed by atoms with Crippen LogP contribution >= 0.6 is 0 Å². The van der Waals surface area contributed by atoms with E-state index >= 15 is 0 Å². The van der Waals surface area contributed by atoms with Crippen LogP contribution in [-0.2, 0) is 4.79 Å². The summed E-state index contributed by atoms with van der Waals surface area (Å²) in [5.41, 5.74) is 3.97. The van der Waals surface area contributed by atoms with E-state index in [1.807, 2.05) is 48.2 Å². The predicted octanol–water partition coefficient (Wildman–Crippen LogP) is 3.95. The molecule has 192 valence electrons. The van der Waals surface area contributed by atoms with Crippen LogP contribution in [0.3, 0.4) is 0 Å². The second-order valence-electron chi connectivity index (χ2n) is 9.80. The molecule has 0 unspecified atom stereocenters. The molecule has 2 aliphatic rings. The zero-order chi connectivity index (χ0) is 26.3. The molecule has 4 aromatic rings. The average Bonchev–Trinajstić information content (AvgIpc) is 3.52. The van der Waals surface area contributed by atoms with E-state index in [0.717, 1.165) is 28.2 Å². The zero-order valence-corrected chi connectivity index (χ0v) is 21.0. The van der Waals surface area contributed by atoms with E-state index in [1.54, 1.807) is 40.2 Å². The monoisotopic (exact) mass is 510 g/mol. The molecule has 1 N–H and O–H groups in total. The first-order valence-corrected chi connectivity index (χ1v) is 12.6. The fourth-order valence-electron chi connectivity index (χ4n) is 5.38. The number of benzene rings is 2. The number of halogens is 1. The van der Waals surface area contributed by atoms with Gasteiger partial charge in [0, 0.05) is 36.7 Å². The van der Waals surface area contributed by atoms with Gasteiger partial charge in [0.25, 0.3) is 5.91 Å². The second kappa shape index (κ2) is 9.41. The number of aryl methyl sites for hydroxylation is 1. The van der Waals surface area contributed by atoms with Crippen molar-refractivity contribution in [3.8, 4) is 16.9 Å². The fourth-order valence-corrected chi connectivity index (χ4v) is 5.38. The molecular weight excluding hydrogens is 483 g/mol. The van der Waals surface area contributed by atoms with Gasteiger partial charge in [0.15, 0.2) is 5.69 Å². The van der Waals surface area contributed by atoms with Crippen molar-refractivity contribution in [2.45, 2.75) is 25.3 Å². The number of hydrogen-bond donors (Lipinski definition) is 1. The van der Waals surface area contributed by atoms with Crippen LogP contribution in [0.4, 0.5) is 10.1 Å². The van der Waals surface area contributed by atoms with Crippen molar-refractivity contribution >= 4 is 17.5 Å². The predicted molar refractivity (Wildman–Crippen MR) is 141 cm³/mol. The van der Waals surface area contributed by atoms with Gasteiger partial charge in [0.05, 0.1) is 18.1 Å². The normalized spacial score (nSPS) is 16.6. The van der Waals surface area contributed by atoms with Crippen molar-refractivity contribution in [3.05, 3.63) is 96.2 Å². The van der Waals surface area contributed by atoms with E-state index in [4.69, 9.17) is 5.10 Å². The second-order valence-corrected chi connectivity index (χ2v) is 9.80. The summed E-state index contributed by atoms with van der Waals surface area (Å²) in [5, 5.41) is 7.65. The highest BCUT2D eigenvalue weighted by molar-refractivity contribution is 5.96. The van der Waals surface area contributed by atoms with Gasteiger partial charge in [-0.15, -0.1) is 0 Å². The zero-order valence-electron chi connectivity index (χ0n) is 21.0. The number of piperidine rings is 1. The number of hydrogen-bond acceptors (Lipinski definition) is 5. The number of likely N-dealkylation sites (tertiary alicyclic amines) is 1. The average molecular weight is 511 g/mol. The highest BCUT2D eigenvalue weighted by Crippen LogP contribution is 2.37. The fraction of sp³-hybridized carbons (Fsp3) is 0.241. The van der Waals surface area contributed by atoms with Crippen molar-refractivity contribution in [3.63, 3.8) is 0 Å². The summed E-state index contributed by atoms with van der Waals surface area (Å²) in [6.07, 6.45) is 4.40. The van der Waals surface area contributed by atoms with Gasteiger partial charge in [-0.1, -0.05) is 17.7 Å². The van der Waals surface area contributed by atoms with Crippen molar-refractivity contribution < 1.29 is 14.0 Å². The molecule has 6 rings (SSSR count). The van der Waals surface area contributed by atoms with Gasteiger partial charge in [0.1, 0.15) is 11.4 Å². The number of nitrogens with one attached hydrogen (secondary N) is 1. The molecule has 1 spiro atoms. The van der Waals surface area contributed by atoms with Crippen LogP contribution in [0.25, 0.3) is 16.9 Å². The Kier molecular flexibility index (Phi) is 5.90. The molecule has 2 amide bonds. The van der Waals surface area contributed by atoms with Crippen molar-refractivity contribution in [2.24, 2.45) is 0 Å². The number of amides is 2. The molecule has 0 radical (unpaired) electrons. The van der Waals surface area contributed by atoms with Crippen LogP contribution in [0.5, 0.6) is 0 Å². The first-order valence-electron chi connectivity index (χ1n) is 12.6. The number of carbonyl (C=O) groups excluding carboxylic acids is 2. The SMILES string of the molecule is Cc1ccc(-n2nc(C(=O)N3CCC4(CC3)C(=O)NCN4c3ccc(F)cc3)cc2-c2cccnc2)cc1. The van der Waals surface area contributed by atoms with Gasteiger partial charge >= 0.3 is 0 Å². The molecule has 2 aromatic carbocycles. The first-order chi connectivity index (χ1) is 18.4. The van der Waals surface area contributed by atoms with Crippen molar-refractivity contribution in [2.75, 3.05) is 24.7 Å². The van der Waals surface area contributed by atoms with E-state index in [9.17, 15) is 14.0 Å². The molecule has 2 aliphatic heterocycles. The third-order valence-corrected chi connectivity index (χ3v) is 7.52. The Balaban J connectivity index is 1.26. The minimum Gasteiger partial charge on any atom is -0.339 e. The van der Waals surface area contributed by atoms with Gasteiger partial charge in [-0.2, -0.15) is 5.10 Å². The Morgan fingerprint density at radius 2 is 1.71 bits per heavy atom. The Morgan fingerprint density at radius 1 is 1.00 bits per heavy atom. The van der Waals surface area contributed by atoms with Gasteiger partial charge in [-0.3, -0.25) is 14.6 Å². The summed E-state index contributed by atoms with van der Waals surface area (Å²) in [6.45, 7) is 3.19. The largest absolute Gasteiger partial charge is 0.339 e. The van der Waals surface area contributed by atoms with Gasteiger partial charge in [-0.05, 0) is 74.4 Å². The smallest absolute Gasteiger partial charge is 0.274 e.